The lowest BCUT2D eigenvalue weighted by Crippen LogP contribution is -2.49. The molecule has 0 aliphatic carbocycles. The first-order valence-corrected chi connectivity index (χ1v) is 7.30. The summed E-state index contributed by atoms with van der Waals surface area (Å²) in [6, 6.07) is 5.77. The Kier molecular flexibility index (Phi) is 3.91. The van der Waals surface area contributed by atoms with Crippen molar-refractivity contribution in [1.29, 1.82) is 0 Å². The van der Waals surface area contributed by atoms with E-state index >= 15 is 0 Å². The van der Waals surface area contributed by atoms with Crippen molar-refractivity contribution in [2.45, 2.75) is 50.7 Å². The number of likely N-dealkylation sites (tertiary alicyclic amines) is 1. The average molecular weight is 245 g/mol. The average Bonchev–Trinajstić information content (AvgIpc) is 2.94. The van der Waals surface area contributed by atoms with E-state index < -0.39 is 0 Å². The number of hydrogen-bond donors (Lipinski definition) is 1. The minimum atomic E-state index is 0.729. The van der Waals surface area contributed by atoms with E-state index in [1.54, 1.807) is 0 Å². The first kappa shape index (κ1) is 12.1. The monoisotopic (exact) mass is 245 g/mol. The topological polar surface area (TPSA) is 28.2 Å². The number of hydrogen-bond acceptors (Lipinski definition) is 3. The van der Waals surface area contributed by atoms with Crippen LogP contribution in [0.15, 0.2) is 24.5 Å². The summed E-state index contributed by atoms with van der Waals surface area (Å²) in [6.45, 7) is 3.56. The molecular formula is C15H23N3. The molecule has 1 aromatic rings. The van der Waals surface area contributed by atoms with Gasteiger partial charge in [0.05, 0.1) is 0 Å². The second kappa shape index (κ2) is 5.81. The largest absolute Gasteiger partial charge is 0.312 e. The van der Waals surface area contributed by atoms with Gasteiger partial charge in [0.15, 0.2) is 0 Å². The Labute approximate surface area is 110 Å². The van der Waals surface area contributed by atoms with E-state index in [0.717, 1.165) is 18.6 Å². The van der Waals surface area contributed by atoms with Crippen molar-refractivity contribution in [3.63, 3.8) is 0 Å². The van der Waals surface area contributed by atoms with Crippen molar-refractivity contribution < 1.29 is 0 Å². The van der Waals surface area contributed by atoms with Gasteiger partial charge in [-0.1, -0.05) is 6.42 Å². The van der Waals surface area contributed by atoms with Crippen molar-refractivity contribution in [2.75, 3.05) is 13.1 Å². The van der Waals surface area contributed by atoms with Gasteiger partial charge >= 0.3 is 0 Å². The molecule has 1 aromatic heterocycles. The predicted molar refractivity (Wildman–Crippen MR) is 73.3 cm³/mol. The molecule has 3 heterocycles. The molecule has 0 spiro atoms. The lowest BCUT2D eigenvalue weighted by atomic mass is 9.94. The van der Waals surface area contributed by atoms with Crippen LogP contribution < -0.4 is 5.32 Å². The smallest absolute Gasteiger partial charge is 0.0271 e. The molecule has 3 nitrogen and oxygen atoms in total. The zero-order valence-electron chi connectivity index (χ0n) is 11.0. The normalized spacial score (nSPS) is 29.6. The molecule has 0 bridgehead atoms. The van der Waals surface area contributed by atoms with Gasteiger partial charge in [-0.3, -0.25) is 9.88 Å². The van der Waals surface area contributed by atoms with E-state index in [1.807, 2.05) is 12.4 Å². The van der Waals surface area contributed by atoms with Crippen LogP contribution in [0.25, 0.3) is 0 Å². The van der Waals surface area contributed by atoms with E-state index in [0.29, 0.717) is 0 Å². The fraction of sp³-hybridized carbons (Fsp3) is 0.667. The summed E-state index contributed by atoms with van der Waals surface area (Å²) in [5.74, 6) is 0. The lowest BCUT2D eigenvalue weighted by Gasteiger charge is -2.39. The highest BCUT2D eigenvalue weighted by atomic mass is 15.2. The zero-order valence-corrected chi connectivity index (χ0v) is 11.0. The number of nitrogens with zero attached hydrogens (tertiary/aromatic N) is 2. The van der Waals surface area contributed by atoms with Crippen molar-refractivity contribution in [1.82, 2.24) is 15.2 Å². The van der Waals surface area contributed by atoms with Gasteiger partial charge in [-0.2, -0.15) is 0 Å². The predicted octanol–water partition coefficient (Wildman–Crippen LogP) is 2.19. The van der Waals surface area contributed by atoms with Crippen molar-refractivity contribution in [2.24, 2.45) is 0 Å². The lowest BCUT2D eigenvalue weighted by molar-refractivity contribution is 0.112. The summed E-state index contributed by atoms with van der Waals surface area (Å²) in [5.41, 5.74) is 1.40. The molecule has 2 atom stereocenters. The summed E-state index contributed by atoms with van der Waals surface area (Å²) in [6.07, 6.45) is 10.6. The Morgan fingerprint density at radius 2 is 2.06 bits per heavy atom. The molecule has 0 amide bonds. The second-order valence-electron chi connectivity index (χ2n) is 5.59. The van der Waals surface area contributed by atoms with Gasteiger partial charge in [0, 0.05) is 31.0 Å². The fourth-order valence-corrected chi connectivity index (χ4v) is 3.43. The van der Waals surface area contributed by atoms with Crippen LogP contribution in [0.3, 0.4) is 0 Å². The highest BCUT2D eigenvalue weighted by Gasteiger charge is 2.31. The summed E-state index contributed by atoms with van der Waals surface area (Å²) in [7, 11) is 0. The van der Waals surface area contributed by atoms with Gasteiger partial charge in [0.1, 0.15) is 0 Å². The second-order valence-corrected chi connectivity index (χ2v) is 5.59. The molecule has 0 radical (unpaired) electrons. The molecule has 2 unspecified atom stereocenters. The maximum Gasteiger partial charge on any atom is 0.0271 e. The molecular weight excluding hydrogens is 222 g/mol. The van der Waals surface area contributed by atoms with Crippen LogP contribution in [0.1, 0.15) is 37.7 Å². The first-order chi connectivity index (χ1) is 8.93. The SMILES string of the molecule is c1cc(CN2CCCCC2C2CCCN2)ccn1. The molecule has 1 N–H and O–H groups in total. The number of piperidine rings is 1. The van der Waals surface area contributed by atoms with Crippen LogP contribution in [0.5, 0.6) is 0 Å². The third kappa shape index (κ3) is 2.73. The van der Waals surface area contributed by atoms with Gasteiger partial charge in [-0.15, -0.1) is 0 Å². The van der Waals surface area contributed by atoms with Crippen LogP contribution in [0.4, 0.5) is 0 Å². The maximum absolute atomic E-state index is 4.10. The maximum atomic E-state index is 4.10. The summed E-state index contributed by atoms with van der Waals surface area (Å²) < 4.78 is 0. The minimum Gasteiger partial charge on any atom is -0.312 e. The summed E-state index contributed by atoms with van der Waals surface area (Å²) in [4.78, 5) is 6.79. The Balaban J connectivity index is 1.67. The van der Waals surface area contributed by atoms with Crippen LogP contribution in [0, 0.1) is 0 Å². The standard InChI is InChI=1S/C15H23N3/c1-2-11-18(12-13-6-9-16-10-7-13)15(5-1)14-4-3-8-17-14/h6-7,9-10,14-15,17H,1-5,8,11-12H2. The van der Waals surface area contributed by atoms with Crippen molar-refractivity contribution in [3.05, 3.63) is 30.1 Å². The molecule has 0 aromatic carbocycles. The van der Waals surface area contributed by atoms with Crippen molar-refractivity contribution in [3.8, 4) is 0 Å². The molecule has 18 heavy (non-hydrogen) atoms. The van der Waals surface area contributed by atoms with E-state index in [1.165, 1.54) is 50.8 Å². The number of pyridine rings is 1. The van der Waals surface area contributed by atoms with E-state index in [-0.39, 0.29) is 0 Å². The van der Waals surface area contributed by atoms with E-state index in [9.17, 15) is 0 Å². The molecule has 0 saturated carbocycles. The van der Waals surface area contributed by atoms with Crippen molar-refractivity contribution >= 4 is 0 Å². The van der Waals surface area contributed by atoms with Crippen LogP contribution in [-0.2, 0) is 6.54 Å². The molecule has 2 aliphatic rings. The quantitative estimate of drug-likeness (QED) is 0.885. The number of aromatic nitrogens is 1. The zero-order chi connectivity index (χ0) is 12.2. The van der Waals surface area contributed by atoms with Gasteiger partial charge in [-0.05, 0) is 56.5 Å². The van der Waals surface area contributed by atoms with E-state index in [2.05, 4.69) is 27.3 Å². The van der Waals surface area contributed by atoms with Crippen LogP contribution in [0.2, 0.25) is 0 Å². The Morgan fingerprint density at radius 3 is 2.83 bits per heavy atom. The molecule has 3 rings (SSSR count). The third-order valence-electron chi connectivity index (χ3n) is 4.36. The first-order valence-electron chi connectivity index (χ1n) is 7.30. The minimum absolute atomic E-state index is 0.729. The highest BCUT2D eigenvalue weighted by Crippen LogP contribution is 2.25. The van der Waals surface area contributed by atoms with Gasteiger partial charge < -0.3 is 5.32 Å². The number of nitrogens with one attached hydrogen (secondary N) is 1. The Morgan fingerprint density at radius 1 is 1.17 bits per heavy atom. The van der Waals surface area contributed by atoms with E-state index in [4.69, 9.17) is 0 Å². The van der Waals surface area contributed by atoms with Gasteiger partial charge in [0.25, 0.3) is 0 Å². The Hall–Kier alpha value is -0.930. The third-order valence-corrected chi connectivity index (χ3v) is 4.36. The van der Waals surface area contributed by atoms with Gasteiger partial charge in [0.2, 0.25) is 0 Å². The Bertz CT molecular complexity index is 359. The summed E-state index contributed by atoms with van der Waals surface area (Å²) in [5, 5.41) is 3.69. The summed E-state index contributed by atoms with van der Waals surface area (Å²) >= 11 is 0. The number of rotatable bonds is 3. The highest BCUT2D eigenvalue weighted by molar-refractivity contribution is 5.10. The van der Waals surface area contributed by atoms with Crippen LogP contribution in [-0.4, -0.2) is 35.1 Å². The molecule has 2 saturated heterocycles. The molecule has 98 valence electrons. The van der Waals surface area contributed by atoms with Gasteiger partial charge in [-0.25, -0.2) is 0 Å². The molecule has 2 aliphatic heterocycles. The molecule has 3 heteroatoms. The molecule has 2 fully saturated rings. The fourth-order valence-electron chi connectivity index (χ4n) is 3.43. The van der Waals surface area contributed by atoms with Crippen LogP contribution >= 0.6 is 0 Å².